The Morgan fingerprint density at radius 2 is 2.08 bits per heavy atom. The summed E-state index contributed by atoms with van der Waals surface area (Å²) in [7, 11) is 0. The van der Waals surface area contributed by atoms with Gasteiger partial charge in [-0.25, -0.2) is 0 Å². The molecule has 4 heteroatoms. The van der Waals surface area contributed by atoms with Gasteiger partial charge < -0.3 is 0 Å². The molecule has 0 aliphatic rings. The van der Waals surface area contributed by atoms with Crippen LogP contribution in [0.15, 0.2) is 24.3 Å². The zero-order valence-corrected chi connectivity index (χ0v) is 6.65. The molecule has 1 aromatic carbocycles. The van der Waals surface area contributed by atoms with Gasteiger partial charge >= 0.3 is 0 Å². The molecule has 0 bridgehead atoms. The van der Waals surface area contributed by atoms with Crippen LogP contribution >= 0.6 is 0 Å². The van der Waals surface area contributed by atoms with Gasteiger partial charge in [-0.15, -0.1) is 5.10 Å². The maximum Gasteiger partial charge on any atom is 0.112 e. The Bertz CT molecular complexity index is 355. The SMILES string of the molecule is CC#N.c1ccc2[nH]nnc2c1. The smallest absolute Gasteiger partial charge is 0.112 e. The lowest BCUT2D eigenvalue weighted by Crippen LogP contribution is -1.63. The van der Waals surface area contributed by atoms with Gasteiger partial charge in [-0.1, -0.05) is 17.3 Å². The minimum absolute atomic E-state index is 0.914. The fraction of sp³-hybridized carbons (Fsp3) is 0.125. The number of nitrogens with one attached hydrogen (secondary N) is 1. The van der Waals surface area contributed by atoms with Gasteiger partial charge in [0.15, 0.2) is 0 Å². The Hall–Kier alpha value is -1.89. The highest BCUT2D eigenvalue weighted by Gasteiger charge is 1.90. The molecule has 0 saturated carbocycles. The molecular weight excluding hydrogens is 152 g/mol. The highest BCUT2D eigenvalue weighted by Crippen LogP contribution is 2.03. The molecule has 0 fully saturated rings. The quantitative estimate of drug-likeness (QED) is 0.634. The Balaban J connectivity index is 0.000000213. The van der Waals surface area contributed by atoms with Gasteiger partial charge in [0.25, 0.3) is 0 Å². The molecule has 2 rings (SSSR count). The summed E-state index contributed by atoms with van der Waals surface area (Å²) in [5, 5.41) is 17.5. The molecule has 0 amide bonds. The van der Waals surface area contributed by atoms with E-state index in [-0.39, 0.29) is 0 Å². The van der Waals surface area contributed by atoms with Crippen molar-refractivity contribution in [1.82, 2.24) is 15.4 Å². The molecule has 4 nitrogen and oxygen atoms in total. The molecular formula is C8H8N4. The van der Waals surface area contributed by atoms with Crippen molar-refractivity contribution in [2.24, 2.45) is 0 Å². The van der Waals surface area contributed by atoms with Crippen LogP contribution in [0, 0.1) is 11.3 Å². The van der Waals surface area contributed by atoms with Crippen molar-refractivity contribution >= 4 is 11.0 Å². The van der Waals surface area contributed by atoms with E-state index in [2.05, 4.69) is 15.4 Å². The summed E-state index contributed by atoms with van der Waals surface area (Å²) < 4.78 is 0. The zero-order valence-electron chi connectivity index (χ0n) is 6.65. The van der Waals surface area contributed by atoms with Crippen LogP contribution in [0.2, 0.25) is 0 Å². The standard InChI is InChI=1S/C6H5N3.C2H3N/c1-2-4-6-5(3-1)7-9-8-6;1-2-3/h1-4H,(H,7,8,9);1H3. The highest BCUT2D eigenvalue weighted by atomic mass is 15.3. The van der Waals surface area contributed by atoms with Crippen molar-refractivity contribution in [2.45, 2.75) is 6.92 Å². The second kappa shape index (κ2) is 4.09. The summed E-state index contributed by atoms with van der Waals surface area (Å²) in [6, 6.07) is 9.49. The third-order valence-corrected chi connectivity index (χ3v) is 1.23. The van der Waals surface area contributed by atoms with Crippen LogP contribution in [0.4, 0.5) is 0 Å². The lowest BCUT2D eigenvalue weighted by Gasteiger charge is -1.79. The fourth-order valence-electron chi connectivity index (χ4n) is 0.788. The molecule has 2 aromatic rings. The number of benzene rings is 1. The summed E-state index contributed by atoms with van der Waals surface area (Å²) >= 11 is 0. The van der Waals surface area contributed by atoms with Crippen molar-refractivity contribution in [1.29, 1.82) is 5.26 Å². The number of para-hydroxylation sites is 1. The Morgan fingerprint density at radius 1 is 1.42 bits per heavy atom. The van der Waals surface area contributed by atoms with Crippen LogP contribution in [-0.4, -0.2) is 15.4 Å². The lowest BCUT2D eigenvalue weighted by molar-refractivity contribution is 0.959. The van der Waals surface area contributed by atoms with E-state index in [0.717, 1.165) is 11.0 Å². The van der Waals surface area contributed by atoms with E-state index in [1.807, 2.05) is 24.3 Å². The molecule has 0 aliphatic heterocycles. The van der Waals surface area contributed by atoms with Gasteiger partial charge in [0, 0.05) is 6.92 Å². The van der Waals surface area contributed by atoms with Crippen LogP contribution in [-0.2, 0) is 0 Å². The number of fused-ring (bicyclic) bond motifs is 1. The first-order valence-corrected chi connectivity index (χ1v) is 3.45. The van der Waals surface area contributed by atoms with Crippen molar-refractivity contribution in [3.63, 3.8) is 0 Å². The second-order valence-corrected chi connectivity index (χ2v) is 2.05. The first kappa shape index (κ1) is 8.21. The summed E-state index contributed by atoms with van der Waals surface area (Å²) in [4.78, 5) is 0. The molecule has 0 atom stereocenters. The Kier molecular flexibility index (Phi) is 2.79. The summed E-state index contributed by atoms with van der Waals surface area (Å²) in [6.45, 7) is 1.43. The predicted octanol–water partition coefficient (Wildman–Crippen LogP) is 1.49. The Labute approximate surface area is 69.8 Å². The van der Waals surface area contributed by atoms with Crippen molar-refractivity contribution in [2.75, 3.05) is 0 Å². The predicted molar refractivity (Wildman–Crippen MR) is 45.2 cm³/mol. The maximum atomic E-state index is 7.32. The van der Waals surface area contributed by atoms with Crippen LogP contribution in [0.3, 0.4) is 0 Å². The van der Waals surface area contributed by atoms with E-state index < -0.39 is 0 Å². The minimum Gasteiger partial charge on any atom is -0.258 e. The molecule has 1 N–H and O–H groups in total. The number of aromatic nitrogens is 3. The van der Waals surface area contributed by atoms with Gasteiger partial charge in [-0.2, -0.15) is 5.26 Å². The highest BCUT2D eigenvalue weighted by molar-refractivity contribution is 5.72. The van der Waals surface area contributed by atoms with Crippen LogP contribution in [0.1, 0.15) is 6.92 Å². The number of rotatable bonds is 0. The molecule has 1 aromatic heterocycles. The monoisotopic (exact) mass is 160 g/mol. The second-order valence-electron chi connectivity index (χ2n) is 2.05. The molecule has 12 heavy (non-hydrogen) atoms. The lowest BCUT2D eigenvalue weighted by atomic mass is 10.3. The number of hydrogen-bond acceptors (Lipinski definition) is 3. The normalized spacial score (nSPS) is 8.33. The van der Waals surface area contributed by atoms with E-state index in [0.29, 0.717) is 0 Å². The zero-order chi connectivity index (χ0) is 8.81. The molecule has 0 aliphatic carbocycles. The summed E-state index contributed by atoms with van der Waals surface area (Å²) in [5.74, 6) is 0. The molecule has 1 heterocycles. The molecule has 0 radical (unpaired) electrons. The van der Waals surface area contributed by atoms with E-state index >= 15 is 0 Å². The average Bonchev–Trinajstić information content (AvgIpc) is 2.52. The molecule has 60 valence electrons. The Morgan fingerprint density at radius 3 is 2.75 bits per heavy atom. The number of H-pyrrole nitrogens is 1. The maximum absolute atomic E-state index is 7.32. The van der Waals surface area contributed by atoms with Crippen LogP contribution in [0.5, 0.6) is 0 Å². The number of aromatic amines is 1. The van der Waals surface area contributed by atoms with E-state index in [1.165, 1.54) is 6.92 Å². The van der Waals surface area contributed by atoms with Crippen LogP contribution < -0.4 is 0 Å². The van der Waals surface area contributed by atoms with Gasteiger partial charge in [0.1, 0.15) is 5.52 Å². The van der Waals surface area contributed by atoms with Crippen molar-refractivity contribution in [3.05, 3.63) is 24.3 Å². The first-order chi connectivity index (χ1) is 5.88. The number of nitrogens with zero attached hydrogens (tertiary/aromatic N) is 3. The van der Waals surface area contributed by atoms with Gasteiger partial charge in [0.2, 0.25) is 0 Å². The largest absolute Gasteiger partial charge is 0.258 e. The average molecular weight is 160 g/mol. The van der Waals surface area contributed by atoms with Gasteiger partial charge in [-0.3, -0.25) is 5.10 Å². The molecule has 0 saturated heterocycles. The molecule has 0 spiro atoms. The fourth-order valence-corrected chi connectivity index (χ4v) is 0.788. The minimum atomic E-state index is 0.914. The van der Waals surface area contributed by atoms with Crippen molar-refractivity contribution < 1.29 is 0 Å². The third-order valence-electron chi connectivity index (χ3n) is 1.23. The van der Waals surface area contributed by atoms with E-state index in [4.69, 9.17) is 5.26 Å². The van der Waals surface area contributed by atoms with Gasteiger partial charge in [0.05, 0.1) is 11.6 Å². The number of hydrogen-bond donors (Lipinski definition) is 1. The summed E-state index contributed by atoms with van der Waals surface area (Å²) in [6.07, 6.45) is 0. The van der Waals surface area contributed by atoms with Crippen LogP contribution in [0.25, 0.3) is 11.0 Å². The number of nitriles is 1. The third kappa shape index (κ3) is 1.80. The van der Waals surface area contributed by atoms with E-state index in [9.17, 15) is 0 Å². The van der Waals surface area contributed by atoms with Gasteiger partial charge in [-0.05, 0) is 12.1 Å². The molecule has 0 unspecified atom stereocenters. The topological polar surface area (TPSA) is 65.4 Å². The van der Waals surface area contributed by atoms with E-state index in [1.54, 1.807) is 6.07 Å². The first-order valence-electron chi connectivity index (χ1n) is 3.45. The van der Waals surface area contributed by atoms with Crippen molar-refractivity contribution in [3.8, 4) is 6.07 Å². The summed E-state index contributed by atoms with van der Waals surface area (Å²) in [5.41, 5.74) is 1.90.